The second-order valence-electron chi connectivity index (χ2n) is 5.61. The number of amides is 2. The Bertz CT molecular complexity index is 490. The van der Waals surface area contributed by atoms with Gasteiger partial charge in [-0.2, -0.15) is 0 Å². The molecule has 4 N–H and O–H groups in total. The number of nitrogens with one attached hydrogen (secondary N) is 2. The topological polar surface area (TPSA) is 119 Å². The molecular weight excluding hydrogens is 276 g/mol. The Morgan fingerprint density at radius 1 is 1.52 bits per heavy atom. The van der Waals surface area contributed by atoms with Gasteiger partial charge in [0.05, 0.1) is 11.9 Å². The summed E-state index contributed by atoms with van der Waals surface area (Å²) in [7, 11) is 0. The van der Waals surface area contributed by atoms with Gasteiger partial charge in [0.1, 0.15) is 6.04 Å². The zero-order valence-corrected chi connectivity index (χ0v) is 11.9. The normalized spacial score (nSPS) is 19.0. The quantitative estimate of drug-likeness (QED) is 0.622. The van der Waals surface area contributed by atoms with Crippen LogP contribution in [-0.2, 0) is 11.2 Å². The number of carboxylic acids is 1. The van der Waals surface area contributed by atoms with E-state index in [4.69, 9.17) is 0 Å². The van der Waals surface area contributed by atoms with E-state index in [-0.39, 0.29) is 6.42 Å². The summed E-state index contributed by atoms with van der Waals surface area (Å²) in [6.45, 7) is 2.56. The number of imidazole rings is 1. The van der Waals surface area contributed by atoms with E-state index < -0.39 is 23.6 Å². The largest absolute Gasteiger partial charge is 0.480 e. The lowest BCUT2D eigenvalue weighted by Gasteiger charge is -2.36. The number of aliphatic hydroxyl groups is 1. The van der Waals surface area contributed by atoms with Crippen molar-refractivity contribution in [2.24, 2.45) is 0 Å². The van der Waals surface area contributed by atoms with E-state index in [0.29, 0.717) is 31.6 Å². The van der Waals surface area contributed by atoms with Gasteiger partial charge < -0.3 is 25.4 Å². The number of aromatic nitrogens is 2. The smallest absolute Gasteiger partial charge is 0.326 e. The van der Waals surface area contributed by atoms with Crippen LogP contribution in [0.4, 0.5) is 4.79 Å². The summed E-state index contributed by atoms with van der Waals surface area (Å²) in [5.74, 6) is -1.10. The zero-order chi connectivity index (χ0) is 15.5. The number of nitrogens with zero attached hydrogens (tertiary/aromatic N) is 2. The summed E-state index contributed by atoms with van der Waals surface area (Å²) in [5.41, 5.74) is -0.108. The average Bonchev–Trinajstić information content (AvgIpc) is 2.90. The maximum atomic E-state index is 12.1. The molecule has 116 valence electrons. The monoisotopic (exact) mass is 296 g/mol. The predicted molar refractivity (Wildman–Crippen MR) is 73.7 cm³/mol. The fourth-order valence-corrected chi connectivity index (χ4v) is 2.25. The van der Waals surface area contributed by atoms with Crippen molar-refractivity contribution in [2.75, 3.05) is 13.1 Å². The van der Waals surface area contributed by atoms with Crippen molar-refractivity contribution >= 4 is 12.0 Å². The molecule has 2 rings (SSSR count). The van der Waals surface area contributed by atoms with Crippen LogP contribution in [-0.4, -0.2) is 61.8 Å². The van der Waals surface area contributed by atoms with Crippen LogP contribution in [0.1, 0.15) is 25.5 Å². The molecular formula is C13H20N4O4. The summed E-state index contributed by atoms with van der Waals surface area (Å²) in [6.07, 6.45) is 4.10. The summed E-state index contributed by atoms with van der Waals surface area (Å²) in [4.78, 5) is 31.5. The molecule has 1 aliphatic heterocycles. The first-order valence-corrected chi connectivity index (χ1v) is 6.85. The first-order chi connectivity index (χ1) is 9.87. The fraction of sp³-hybridized carbons (Fsp3) is 0.615. The number of hydrogen-bond donors (Lipinski definition) is 4. The molecule has 8 nitrogen and oxygen atoms in total. The van der Waals surface area contributed by atoms with Crippen LogP contribution in [0.2, 0.25) is 0 Å². The number of carboxylic acid groups (broad SMARTS) is 1. The standard InChI is InChI=1S/C13H20N4O4/c1-13(21)2-4-17(5-3-13)12(20)16-10(11(18)19)6-9-7-14-8-15-9/h7-8,10,21H,2-6H2,1H3,(H,14,15)(H,16,20)(H,18,19)/t10-/m1/s1. The van der Waals surface area contributed by atoms with Crippen LogP contribution in [0.5, 0.6) is 0 Å². The van der Waals surface area contributed by atoms with Crippen LogP contribution < -0.4 is 5.32 Å². The average molecular weight is 296 g/mol. The second-order valence-corrected chi connectivity index (χ2v) is 5.61. The number of aliphatic carboxylic acids is 1. The third kappa shape index (κ3) is 4.19. The Balaban J connectivity index is 1.91. The van der Waals surface area contributed by atoms with Crippen molar-refractivity contribution in [3.05, 3.63) is 18.2 Å². The minimum atomic E-state index is -1.10. The lowest BCUT2D eigenvalue weighted by atomic mass is 9.94. The Morgan fingerprint density at radius 2 is 2.19 bits per heavy atom. The van der Waals surface area contributed by atoms with Crippen LogP contribution in [0, 0.1) is 0 Å². The lowest BCUT2D eigenvalue weighted by Crippen LogP contribution is -2.53. The number of carbonyl (C=O) groups is 2. The SMILES string of the molecule is CC1(O)CCN(C(=O)N[C@H](Cc2cnc[nH]2)C(=O)O)CC1. The third-order valence-electron chi connectivity index (χ3n) is 3.70. The number of likely N-dealkylation sites (tertiary alicyclic amines) is 1. The van der Waals surface area contributed by atoms with E-state index in [9.17, 15) is 19.8 Å². The molecule has 1 fully saturated rings. The van der Waals surface area contributed by atoms with Gasteiger partial charge in [-0.05, 0) is 19.8 Å². The molecule has 0 saturated carbocycles. The van der Waals surface area contributed by atoms with Crippen LogP contribution >= 0.6 is 0 Å². The predicted octanol–water partition coefficient (Wildman–Crippen LogP) is -0.0382. The van der Waals surface area contributed by atoms with Gasteiger partial charge in [-0.1, -0.05) is 0 Å². The Hall–Kier alpha value is -2.09. The third-order valence-corrected chi connectivity index (χ3v) is 3.70. The molecule has 2 amide bonds. The maximum absolute atomic E-state index is 12.1. The molecule has 1 saturated heterocycles. The molecule has 1 aliphatic rings. The number of piperidine rings is 1. The van der Waals surface area contributed by atoms with E-state index in [1.807, 2.05) is 0 Å². The Labute approximate surface area is 122 Å². The number of H-pyrrole nitrogens is 1. The number of urea groups is 1. The van der Waals surface area contributed by atoms with Crippen LogP contribution in [0.15, 0.2) is 12.5 Å². The highest BCUT2D eigenvalue weighted by atomic mass is 16.4. The number of aromatic amines is 1. The van der Waals surface area contributed by atoms with Crippen LogP contribution in [0.25, 0.3) is 0 Å². The van der Waals surface area contributed by atoms with Gasteiger partial charge in [0.2, 0.25) is 0 Å². The van der Waals surface area contributed by atoms with Crippen molar-refractivity contribution in [2.45, 2.75) is 37.8 Å². The molecule has 1 atom stereocenters. The van der Waals surface area contributed by atoms with E-state index in [0.717, 1.165) is 0 Å². The molecule has 21 heavy (non-hydrogen) atoms. The minimum Gasteiger partial charge on any atom is -0.480 e. The molecule has 1 aromatic heterocycles. The number of carbonyl (C=O) groups excluding carboxylic acids is 1. The van der Waals surface area contributed by atoms with E-state index >= 15 is 0 Å². The highest BCUT2D eigenvalue weighted by Gasteiger charge is 2.31. The van der Waals surface area contributed by atoms with Gasteiger partial charge in [-0.3, -0.25) is 0 Å². The van der Waals surface area contributed by atoms with E-state index in [1.54, 1.807) is 6.92 Å². The summed E-state index contributed by atoms with van der Waals surface area (Å²) in [5, 5.41) is 21.6. The summed E-state index contributed by atoms with van der Waals surface area (Å²) >= 11 is 0. The fourth-order valence-electron chi connectivity index (χ4n) is 2.25. The zero-order valence-electron chi connectivity index (χ0n) is 11.9. The highest BCUT2D eigenvalue weighted by Crippen LogP contribution is 2.21. The van der Waals surface area contributed by atoms with Gasteiger partial charge in [0, 0.05) is 31.4 Å². The van der Waals surface area contributed by atoms with Gasteiger partial charge in [0.25, 0.3) is 0 Å². The van der Waals surface area contributed by atoms with E-state index in [2.05, 4.69) is 15.3 Å². The van der Waals surface area contributed by atoms with Crippen LogP contribution in [0.3, 0.4) is 0 Å². The Kier molecular flexibility index (Phi) is 4.46. The molecule has 0 aliphatic carbocycles. The second kappa shape index (κ2) is 6.13. The van der Waals surface area contributed by atoms with Gasteiger partial charge in [0.15, 0.2) is 0 Å². The van der Waals surface area contributed by atoms with Gasteiger partial charge in [-0.25, -0.2) is 14.6 Å². The lowest BCUT2D eigenvalue weighted by molar-refractivity contribution is -0.139. The molecule has 0 bridgehead atoms. The Morgan fingerprint density at radius 3 is 2.71 bits per heavy atom. The number of rotatable bonds is 4. The first kappa shape index (κ1) is 15.3. The number of hydrogen-bond acceptors (Lipinski definition) is 4. The van der Waals surface area contributed by atoms with Crippen molar-refractivity contribution in [1.82, 2.24) is 20.2 Å². The summed E-state index contributed by atoms with van der Waals surface area (Å²) < 4.78 is 0. The molecule has 1 aromatic rings. The van der Waals surface area contributed by atoms with Crippen molar-refractivity contribution in [1.29, 1.82) is 0 Å². The van der Waals surface area contributed by atoms with Crippen molar-refractivity contribution in [3.63, 3.8) is 0 Å². The van der Waals surface area contributed by atoms with Crippen molar-refractivity contribution < 1.29 is 19.8 Å². The van der Waals surface area contributed by atoms with Gasteiger partial charge >= 0.3 is 12.0 Å². The van der Waals surface area contributed by atoms with Crippen molar-refractivity contribution in [3.8, 4) is 0 Å². The minimum absolute atomic E-state index is 0.145. The molecule has 0 unspecified atom stereocenters. The molecule has 0 radical (unpaired) electrons. The summed E-state index contributed by atoms with van der Waals surface area (Å²) in [6, 6.07) is -1.43. The maximum Gasteiger partial charge on any atom is 0.326 e. The van der Waals surface area contributed by atoms with Gasteiger partial charge in [-0.15, -0.1) is 0 Å². The van der Waals surface area contributed by atoms with E-state index in [1.165, 1.54) is 17.4 Å². The first-order valence-electron chi connectivity index (χ1n) is 6.85. The molecule has 0 aromatic carbocycles. The molecule has 2 heterocycles. The molecule has 0 spiro atoms. The highest BCUT2D eigenvalue weighted by molar-refractivity contribution is 5.82. The molecule has 8 heteroatoms.